The molecule has 158 valence electrons. The summed E-state index contributed by atoms with van der Waals surface area (Å²) in [5, 5.41) is 0. The van der Waals surface area contributed by atoms with E-state index in [1.165, 1.54) is 17.5 Å². The monoisotopic (exact) mass is 387 g/mol. The molecule has 2 aliphatic carbocycles. The Hall–Kier alpha value is -1.48. The highest BCUT2D eigenvalue weighted by molar-refractivity contribution is 5.98. The third kappa shape index (κ3) is 5.76. The molecule has 0 heterocycles. The van der Waals surface area contributed by atoms with Crippen LogP contribution in [0.15, 0.2) is 18.2 Å². The average molecular weight is 388 g/mol. The van der Waals surface area contributed by atoms with E-state index in [0.717, 1.165) is 44.1 Å². The van der Waals surface area contributed by atoms with E-state index in [-0.39, 0.29) is 17.5 Å². The van der Waals surface area contributed by atoms with Gasteiger partial charge >= 0.3 is 0 Å². The second-order valence-corrected chi connectivity index (χ2v) is 8.17. The molecular weight excluding hydrogens is 346 g/mol. The average Bonchev–Trinajstić information content (AvgIpc) is 3.12. The first-order valence-electron chi connectivity index (χ1n) is 11.3. The second-order valence-electron chi connectivity index (χ2n) is 8.17. The molecule has 3 nitrogen and oxygen atoms in total. The van der Waals surface area contributed by atoms with Crippen molar-refractivity contribution in [1.29, 1.82) is 0 Å². The fourth-order valence-electron chi connectivity index (χ4n) is 4.18. The molecule has 2 N–H and O–H groups in total. The summed E-state index contributed by atoms with van der Waals surface area (Å²) in [4.78, 5) is 24.5. The quantitative estimate of drug-likeness (QED) is 0.666. The predicted molar refractivity (Wildman–Crippen MR) is 119 cm³/mol. The molecule has 0 bridgehead atoms. The number of benzene rings is 1. The van der Waals surface area contributed by atoms with Gasteiger partial charge in [0.05, 0.1) is 5.54 Å². The lowest BCUT2D eigenvalue weighted by molar-refractivity contribution is -0.127. The van der Waals surface area contributed by atoms with Gasteiger partial charge in [-0.3, -0.25) is 9.59 Å². The summed E-state index contributed by atoms with van der Waals surface area (Å²) in [7, 11) is 0. The predicted octanol–water partition coefficient (Wildman–Crippen LogP) is 6.23. The fourth-order valence-corrected chi connectivity index (χ4v) is 4.18. The zero-order chi connectivity index (χ0) is 21.3. The third-order valence-electron chi connectivity index (χ3n) is 5.85. The van der Waals surface area contributed by atoms with Crippen LogP contribution in [0.5, 0.6) is 0 Å². The molecule has 3 heteroatoms. The van der Waals surface area contributed by atoms with Crippen LogP contribution < -0.4 is 5.73 Å². The summed E-state index contributed by atoms with van der Waals surface area (Å²) >= 11 is 0. The maximum atomic E-state index is 12.6. The van der Waals surface area contributed by atoms with Gasteiger partial charge in [0, 0.05) is 17.9 Å². The highest BCUT2D eigenvalue weighted by Crippen LogP contribution is 2.42. The highest BCUT2D eigenvalue weighted by atomic mass is 16.1. The Kier molecular flexibility index (Phi) is 10.1. The van der Waals surface area contributed by atoms with Crippen LogP contribution in [-0.4, -0.2) is 17.1 Å². The molecule has 0 amide bonds. The molecule has 1 aromatic carbocycles. The van der Waals surface area contributed by atoms with Crippen molar-refractivity contribution in [3.8, 4) is 0 Å². The minimum atomic E-state index is -0.661. The maximum Gasteiger partial charge on any atom is 0.163 e. The number of rotatable bonds is 4. The Morgan fingerprint density at radius 2 is 1.86 bits per heavy atom. The number of Topliss-reactive ketones (excluding diaryl/α,β-unsaturated/α-hetero) is 2. The summed E-state index contributed by atoms with van der Waals surface area (Å²) in [5.41, 5.74) is 9.13. The van der Waals surface area contributed by atoms with E-state index in [2.05, 4.69) is 26.0 Å². The van der Waals surface area contributed by atoms with Crippen molar-refractivity contribution in [2.24, 2.45) is 11.7 Å². The molecule has 0 saturated heterocycles. The van der Waals surface area contributed by atoms with E-state index >= 15 is 0 Å². The molecule has 28 heavy (non-hydrogen) atoms. The van der Waals surface area contributed by atoms with Gasteiger partial charge in [0.2, 0.25) is 0 Å². The lowest BCUT2D eigenvalue weighted by atomic mass is 9.82. The van der Waals surface area contributed by atoms with Crippen molar-refractivity contribution in [3.63, 3.8) is 0 Å². The van der Waals surface area contributed by atoms with E-state index < -0.39 is 5.54 Å². The van der Waals surface area contributed by atoms with Gasteiger partial charge in [-0.15, -0.1) is 0 Å². The Balaban J connectivity index is 0.000000717. The van der Waals surface area contributed by atoms with Gasteiger partial charge in [-0.1, -0.05) is 66.2 Å². The van der Waals surface area contributed by atoms with E-state index in [1.807, 2.05) is 33.8 Å². The van der Waals surface area contributed by atoms with Crippen LogP contribution in [0, 0.1) is 5.92 Å². The second kappa shape index (κ2) is 11.5. The van der Waals surface area contributed by atoms with Crippen LogP contribution >= 0.6 is 0 Å². The molecule has 0 spiro atoms. The fraction of sp³-hybridized carbons (Fsp3) is 0.680. The van der Waals surface area contributed by atoms with Crippen LogP contribution in [0.25, 0.3) is 0 Å². The van der Waals surface area contributed by atoms with Crippen LogP contribution in [-0.2, 0) is 11.2 Å². The lowest BCUT2D eigenvalue weighted by Crippen LogP contribution is -2.48. The summed E-state index contributed by atoms with van der Waals surface area (Å²) < 4.78 is 0. The zero-order valence-corrected chi connectivity index (χ0v) is 18.9. The summed E-state index contributed by atoms with van der Waals surface area (Å²) in [6, 6.07) is 6.25. The minimum absolute atomic E-state index is 0.0416. The summed E-state index contributed by atoms with van der Waals surface area (Å²) in [6.45, 7) is 12.3. The molecular formula is C25H41NO2. The van der Waals surface area contributed by atoms with E-state index in [4.69, 9.17) is 5.73 Å². The van der Waals surface area contributed by atoms with Crippen LogP contribution in [0.4, 0.5) is 0 Å². The molecule has 3 unspecified atom stereocenters. The number of nitrogens with two attached hydrogens (primary N) is 1. The maximum absolute atomic E-state index is 12.6. The lowest BCUT2D eigenvalue weighted by Gasteiger charge is -2.26. The number of carbonyl (C=O) groups excluding carboxylic acids is 2. The number of hydrogen-bond donors (Lipinski definition) is 1. The Bertz CT molecular complexity index is 652. The largest absolute Gasteiger partial charge is 0.319 e. The van der Waals surface area contributed by atoms with E-state index in [0.29, 0.717) is 12.3 Å². The highest BCUT2D eigenvalue weighted by Gasteiger charge is 2.43. The van der Waals surface area contributed by atoms with Gasteiger partial charge in [-0.05, 0) is 55.6 Å². The van der Waals surface area contributed by atoms with Crippen molar-refractivity contribution in [1.82, 2.24) is 0 Å². The van der Waals surface area contributed by atoms with Gasteiger partial charge in [0.25, 0.3) is 0 Å². The van der Waals surface area contributed by atoms with Crippen LogP contribution in [0.3, 0.4) is 0 Å². The first-order valence-corrected chi connectivity index (χ1v) is 11.3. The number of aryl methyl sites for hydroxylation is 1. The Morgan fingerprint density at radius 3 is 2.46 bits per heavy atom. The van der Waals surface area contributed by atoms with Gasteiger partial charge in [0.1, 0.15) is 0 Å². The third-order valence-corrected chi connectivity index (χ3v) is 5.85. The Morgan fingerprint density at radius 1 is 1.21 bits per heavy atom. The van der Waals surface area contributed by atoms with Gasteiger partial charge in [0.15, 0.2) is 11.6 Å². The van der Waals surface area contributed by atoms with Crippen molar-refractivity contribution < 1.29 is 9.59 Å². The van der Waals surface area contributed by atoms with Crippen molar-refractivity contribution in [3.05, 3.63) is 34.9 Å². The van der Waals surface area contributed by atoms with Crippen molar-refractivity contribution >= 4 is 11.6 Å². The minimum Gasteiger partial charge on any atom is -0.319 e. The molecule has 0 aliphatic heterocycles. The molecule has 2 aliphatic rings. The molecule has 3 rings (SSSR count). The first kappa shape index (κ1) is 24.6. The topological polar surface area (TPSA) is 60.2 Å². The molecule has 1 fully saturated rings. The summed E-state index contributed by atoms with van der Waals surface area (Å²) in [5.74, 6) is 0.871. The molecule has 0 aromatic heterocycles. The molecule has 1 saturated carbocycles. The zero-order valence-electron chi connectivity index (χ0n) is 18.9. The molecule has 0 radical (unpaired) electrons. The Labute approximate surface area is 172 Å². The van der Waals surface area contributed by atoms with Crippen molar-refractivity contribution in [2.45, 2.75) is 104 Å². The molecule has 3 atom stereocenters. The summed E-state index contributed by atoms with van der Waals surface area (Å²) in [6.07, 6.45) is 7.19. The number of carbonyl (C=O) groups is 2. The van der Waals surface area contributed by atoms with Crippen molar-refractivity contribution in [2.75, 3.05) is 0 Å². The van der Waals surface area contributed by atoms with Gasteiger partial charge in [-0.2, -0.15) is 0 Å². The van der Waals surface area contributed by atoms with Crippen LogP contribution in [0.2, 0.25) is 0 Å². The molecule has 1 aromatic rings. The van der Waals surface area contributed by atoms with Crippen LogP contribution in [0.1, 0.15) is 114 Å². The van der Waals surface area contributed by atoms with E-state index in [1.54, 1.807) is 0 Å². The van der Waals surface area contributed by atoms with E-state index in [9.17, 15) is 9.59 Å². The first-order chi connectivity index (χ1) is 13.4. The number of hydrogen-bond acceptors (Lipinski definition) is 3. The van der Waals surface area contributed by atoms with Gasteiger partial charge in [-0.25, -0.2) is 0 Å². The number of ketones is 2. The SMILES string of the molecule is CC.CCC.CCC(C)C(=O)C1(N)CCC(c2ccc3c(c2)CCCC3=O)C1. The normalized spacial score (nSPS) is 24.2. The standard InChI is InChI=1S/C20H27NO2.C3H8.C2H6/c1-3-13(2)19(23)20(21)10-9-16(12-20)14-7-8-17-15(11-14)5-4-6-18(17)22;1-3-2;1-2/h7-8,11,13,16H,3-6,9-10,12,21H2,1-2H3;3H2,1-2H3;1-2H3. The number of fused-ring (bicyclic) bond motifs is 1. The van der Waals surface area contributed by atoms with Gasteiger partial charge < -0.3 is 5.73 Å². The smallest absolute Gasteiger partial charge is 0.163 e.